The highest BCUT2D eigenvalue weighted by atomic mass is 35.5. The van der Waals surface area contributed by atoms with Gasteiger partial charge in [0.25, 0.3) is 0 Å². The second kappa shape index (κ2) is 6.88. The Morgan fingerprint density at radius 2 is 1.93 bits per heavy atom. The first-order chi connectivity index (χ1) is 6.83. The van der Waals surface area contributed by atoms with E-state index in [4.69, 9.17) is 23.2 Å². The Kier molecular flexibility index (Phi) is 5.69. The van der Waals surface area contributed by atoms with Crippen LogP contribution in [-0.4, -0.2) is 13.1 Å². The minimum absolute atomic E-state index is 0.784. The van der Waals surface area contributed by atoms with Gasteiger partial charge in [0.05, 0.1) is 0 Å². The van der Waals surface area contributed by atoms with Crippen molar-refractivity contribution in [2.75, 3.05) is 13.1 Å². The van der Waals surface area contributed by atoms with E-state index in [1.165, 1.54) is 11.1 Å². The number of nitrogens with one attached hydrogen (secondary N) is 1. The van der Waals surface area contributed by atoms with Gasteiger partial charge < -0.3 is 5.32 Å². The van der Waals surface area contributed by atoms with Gasteiger partial charge in [-0.25, -0.2) is 0 Å². The van der Waals surface area contributed by atoms with Gasteiger partial charge in [-0.15, -0.1) is 0 Å². The van der Waals surface area contributed by atoms with Crippen LogP contribution in [-0.2, 0) is 6.42 Å². The summed E-state index contributed by atoms with van der Waals surface area (Å²) in [5, 5.41) is 4.03. The van der Waals surface area contributed by atoms with Crippen molar-refractivity contribution >= 4 is 23.2 Å². The summed E-state index contributed by atoms with van der Waals surface area (Å²) >= 11 is 11.2. The molecule has 0 aromatic heterocycles. The van der Waals surface area contributed by atoms with E-state index in [9.17, 15) is 0 Å². The summed E-state index contributed by atoms with van der Waals surface area (Å²) in [6.07, 6.45) is 2.89. The van der Waals surface area contributed by atoms with Crippen molar-refractivity contribution in [3.8, 4) is 0 Å². The van der Waals surface area contributed by atoms with E-state index in [2.05, 4.69) is 5.32 Å². The summed E-state index contributed by atoms with van der Waals surface area (Å²) in [6.45, 7) is 1.76. The molecule has 0 amide bonds. The highest BCUT2D eigenvalue weighted by Gasteiger charge is 1.92. The zero-order valence-electron chi connectivity index (χ0n) is 7.84. The summed E-state index contributed by atoms with van der Waals surface area (Å²) in [5.74, 6) is 0. The fraction of sp³-hybridized carbons (Fsp3) is 0.273. The fourth-order valence-corrected chi connectivity index (χ4v) is 1.33. The van der Waals surface area contributed by atoms with Gasteiger partial charge in [-0.3, -0.25) is 0 Å². The van der Waals surface area contributed by atoms with Crippen LogP contribution in [0.1, 0.15) is 5.56 Å². The van der Waals surface area contributed by atoms with Crippen molar-refractivity contribution < 1.29 is 0 Å². The average molecular weight is 230 g/mol. The van der Waals surface area contributed by atoms with Crippen molar-refractivity contribution in [3.05, 3.63) is 46.5 Å². The van der Waals surface area contributed by atoms with Crippen LogP contribution in [0.25, 0.3) is 0 Å². The van der Waals surface area contributed by atoms with Crippen LogP contribution in [0.4, 0.5) is 0 Å². The predicted octanol–water partition coefficient (Wildman–Crippen LogP) is 3.22. The molecule has 0 saturated carbocycles. The van der Waals surface area contributed by atoms with E-state index >= 15 is 0 Å². The third-order valence-electron chi connectivity index (χ3n) is 1.85. The zero-order chi connectivity index (χ0) is 10.2. The second-order valence-corrected chi connectivity index (χ2v) is 3.63. The molecule has 0 spiro atoms. The summed E-state index contributed by atoms with van der Waals surface area (Å²) < 4.78 is 0. The lowest BCUT2D eigenvalue weighted by atomic mass is 10.1. The lowest BCUT2D eigenvalue weighted by molar-refractivity contribution is 0.745. The monoisotopic (exact) mass is 229 g/mol. The molecule has 0 unspecified atom stereocenters. The smallest absolute Gasteiger partial charge is 0.0406 e. The Morgan fingerprint density at radius 1 is 1.21 bits per heavy atom. The zero-order valence-corrected chi connectivity index (χ0v) is 9.35. The Labute approximate surface area is 94.7 Å². The molecule has 1 aromatic carbocycles. The standard InChI is InChI=1S/C11H13Cl2N/c12-7-1-8-14-9-6-10-2-4-11(13)5-3-10/h1-5,7,14H,6,8-9H2/b7-1+. The predicted molar refractivity (Wildman–Crippen MR) is 63.0 cm³/mol. The van der Waals surface area contributed by atoms with Gasteiger partial charge >= 0.3 is 0 Å². The van der Waals surface area contributed by atoms with Crippen LogP contribution in [0.15, 0.2) is 35.9 Å². The molecule has 14 heavy (non-hydrogen) atoms. The van der Waals surface area contributed by atoms with Gasteiger partial charge in [0.15, 0.2) is 0 Å². The molecule has 1 rings (SSSR count). The van der Waals surface area contributed by atoms with E-state index in [0.717, 1.165) is 24.5 Å². The van der Waals surface area contributed by atoms with Gasteiger partial charge in [-0.2, -0.15) is 0 Å². The maximum atomic E-state index is 5.77. The van der Waals surface area contributed by atoms with Crippen molar-refractivity contribution in [1.29, 1.82) is 0 Å². The first-order valence-corrected chi connectivity index (χ1v) is 5.35. The fourth-order valence-electron chi connectivity index (χ4n) is 1.11. The molecular formula is C11H13Cl2N. The number of benzene rings is 1. The molecule has 1 aromatic rings. The number of hydrogen-bond acceptors (Lipinski definition) is 1. The lowest BCUT2D eigenvalue weighted by Crippen LogP contribution is -2.16. The van der Waals surface area contributed by atoms with E-state index in [1.807, 2.05) is 30.3 Å². The first-order valence-electron chi connectivity index (χ1n) is 4.53. The molecule has 0 radical (unpaired) electrons. The van der Waals surface area contributed by atoms with Gasteiger partial charge in [0.1, 0.15) is 0 Å². The first kappa shape index (κ1) is 11.6. The lowest BCUT2D eigenvalue weighted by Gasteiger charge is -2.02. The van der Waals surface area contributed by atoms with Crippen LogP contribution in [0.5, 0.6) is 0 Å². The maximum Gasteiger partial charge on any atom is 0.0406 e. The molecule has 0 bridgehead atoms. The van der Waals surface area contributed by atoms with Gasteiger partial charge in [-0.05, 0) is 30.7 Å². The molecule has 0 heterocycles. The van der Waals surface area contributed by atoms with Crippen LogP contribution in [0.2, 0.25) is 5.02 Å². The molecular weight excluding hydrogens is 217 g/mol. The van der Waals surface area contributed by atoms with Crippen LogP contribution >= 0.6 is 23.2 Å². The molecule has 1 nitrogen and oxygen atoms in total. The summed E-state index contributed by atoms with van der Waals surface area (Å²) in [4.78, 5) is 0. The summed E-state index contributed by atoms with van der Waals surface area (Å²) in [5.41, 5.74) is 2.81. The molecule has 0 aliphatic rings. The van der Waals surface area contributed by atoms with E-state index in [0.29, 0.717) is 0 Å². The van der Waals surface area contributed by atoms with Gasteiger partial charge in [0.2, 0.25) is 0 Å². The van der Waals surface area contributed by atoms with Crippen molar-refractivity contribution in [1.82, 2.24) is 5.32 Å². The van der Waals surface area contributed by atoms with E-state index < -0.39 is 0 Å². The Bertz CT molecular complexity index is 280. The molecule has 0 atom stereocenters. The molecule has 3 heteroatoms. The van der Waals surface area contributed by atoms with Gasteiger partial charge in [0, 0.05) is 17.1 Å². The molecule has 1 N–H and O–H groups in total. The van der Waals surface area contributed by atoms with E-state index in [1.54, 1.807) is 0 Å². The highest BCUT2D eigenvalue weighted by molar-refractivity contribution is 6.30. The van der Waals surface area contributed by atoms with Crippen LogP contribution in [0, 0.1) is 0 Å². The minimum Gasteiger partial charge on any atom is -0.313 e. The summed E-state index contributed by atoms with van der Waals surface area (Å²) in [6, 6.07) is 7.91. The Morgan fingerprint density at radius 3 is 2.57 bits per heavy atom. The SMILES string of the molecule is Cl/C=C/CNCCc1ccc(Cl)cc1. The number of hydrogen-bond donors (Lipinski definition) is 1. The quantitative estimate of drug-likeness (QED) is 0.766. The molecule has 0 aliphatic heterocycles. The third kappa shape index (κ3) is 4.66. The molecule has 76 valence electrons. The normalized spacial score (nSPS) is 11.0. The minimum atomic E-state index is 0.784. The van der Waals surface area contributed by atoms with Crippen LogP contribution in [0.3, 0.4) is 0 Å². The number of rotatable bonds is 5. The molecule has 0 saturated heterocycles. The summed E-state index contributed by atoms with van der Waals surface area (Å²) in [7, 11) is 0. The largest absolute Gasteiger partial charge is 0.313 e. The van der Waals surface area contributed by atoms with Gasteiger partial charge in [-0.1, -0.05) is 41.4 Å². The van der Waals surface area contributed by atoms with Crippen LogP contribution < -0.4 is 5.32 Å². The Hall–Kier alpha value is -0.500. The molecule has 0 fully saturated rings. The Balaban J connectivity index is 2.21. The van der Waals surface area contributed by atoms with Crippen molar-refractivity contribution in [2.24, 2.45) is 0 Å². The highest BCUT2D eigenvalue weighted by Crippen LogP contribution is 2.09. The maximum absolute atomic E-state index is 5.77. The average Bonchev–Trinajstić information content (AvgIpc) is 2.21. The van der Waals surface area contributed by atoms with E-state index in [-0.39, 0.29) is 0 Å². The molecule has 0 aliphatic carbocycles. The number of halogens is 2. The third-order valence-corrected chi connectivity index (χ3v) is 2.29. The second-order valence-electron chi connectivity index (χ2n) is 2.94. The van der Waals surface area contributed by atoms with Crippen molar-refractivity contribution in [2.45, 2.75) is 6.42 Å². The topological polar surface area (TPSA) is 12.0 Å². The van der Waals surface area contributed by atoms with Crippen molar-refractivity contribution in [3.63, 3.8) is 0 Å².